The van der Waals surface area contributed by atoms with E-state index in [1.165, 1.54) is 10.6 Å². The van der Waals surface area contributed by atoms with Gasteiger partial charge in [0, 0.05) is 35.4 Å². The van der Waals surface area contributed by atoms with Crippen LogP contribution in [0.25, 0.3) is 0 Å². The maximum atomic E-state index is 12.6. The zero-order valence-electron chi connectivity index (χ0n) is 15.6. The Hall–Kier alpha value is -3.68. The number of fused-ring (bicyclic) bond motifs is 1. The molecule has 0 saturated carbocycles. The highest BCUT2D eigenvalue weighted by molar-refractivity contribution is 6.03. The third-order valence-corrected chi connectivity index (χ3v) is 4.22. The van der Waals surface area contributed by atoms with Crippen LogP contribution in [-0.4, -0.2) is 27.1 Å². The van der Waals surface area contributed by atoms with E-state index in [1.54, 1.807) is 19.3 Å². The average Bonchev–Trinajstić information content (AvgIpc) is 2.69. The zero-order chi connectivity index (χ0) is 19.5. The monoisotopic (exact) mass is 376 g/mol. The molecule has 0 unspecified atom stereocenters. The number of benzene rings is 1. The number of hydrogen-bond acceptors (Lipinski definition) is 7. The fraction of sp³-hybridized carbons (Fsp3) is 0.200. The Bertz CT molecular complexity index is 1060. The van der Waals surface area contributed by atoms with Crippen molar-refractivity contribution in [3.05, 3.63) is 76.5 Å². The lowest BCUT2D eigenvalue weighted by molar-refractivity contribution is 0.340. The largest absolute Gasteiger partial charge is 0.494 e. The molecule has 0 amide bonds. The van der Waals surface area contributed by atoms with Gasteiger partial charge in [-0.25, -0.2) is 9.98 Å². The number of anilines is 2. The van der Waals surface area contributed by atoms with E-state index in [2.05, 4.69) is 25.6 Å². The predicted octanol–water partition coefficient (Wildman–Crippen LogP) is 2.79. The minimum absolute atomic E-state index is 0.173. The lowest BCUT2D eigenvalue weighted by Gasteiger charge is -2.26. The van der Waals surface area contributed by atoms with E-state index in [4.69, 9.17) is 4.74 Å². The predicted molar refractivity (Wildman–Crippen MR) is 108 cm³/mol. The van der Waals surface area contributed by atoms with Crippen molar-refractivity contribution < 1.29 is 4.74 Å². The molecule has 0 bridgehead atoms. The number of hydrogen-bond donors (Lipinski definition) is 2. The van der Waals surface area contributed by atoms with Crippen LogP contribution in [0.4, 0.5) is 11.6 Å². The Morgan fingerprint density at radius 1 is 1.25 bits per heavy atom. The number of pyridine rings is 1. The second kappa shape index (κ2) is 7.51. The van der Waals surface area contributed by atoms with Crippen molar-refractivity contribution in [2.45, 2.75) is 20.0 Å². The molecule has 8 nitrogen and oxygen atoms in total. The van der Waals surface area contributed by atoms with Crippen LogP contribution >= 0.6 is 0 Å². The van der Waals surface area contributed by atoms with Gasteiger partial charge in [0.25, 0.3) is 5.56 Å². The van der Waals surface area contributed by atoms with Crippen LogP contribution in [0.15, 0.2) is 64.6 Å². The van der Waals surface area contributed by atoms with E-state index in [0.29, 0.717) is 24.2 Å². The summed E-state index contributed by atoms with van der Waals surface area (Å²) in [7, 11) is 0. The molecule has 142 valence electrons. The summed E-state index contributed by atoms with van der Waals surface area (Å²) in [6.07, 6.45) is 2.82. The molecule has 28 heavy (non-hydrogen) atoms. The molecule has 0 radical (unpaired) electrons. The number of nitrogens with one attached hydrogen (secondary N) is 2. The quantitative estimate of drug-likeness (QED) is 0.727. The van der Waals surface area contributed by atoms with Gasteiger partial charge in [0.05, 0.1) is 6.61 Å². The molecule has 0 saturated heterocycles. The summed E-state index contributed by atoms with van der Waals surface area (Å²) in [4.78, 5) is 25.9. The van der Waals surface area contributed by atoms with Crippen LogP contribution in [0.2, 0.25) is 0 Å². The molecule has 0 spiro atoms. The average molecular weight is 376 g/mol. The number of ether oxygens (including phenoxy) is 1. The van der Waals surface area contributed by atoms with E-state index in [-0.39, 0.29) is 5.56 Å². The first kappa shape index (κ1) is 17.7. The summed E-state index contributed by atoms with van der Waals surface area (Å²) in [5.74, 6) is 1.73. The summed E-state index contributed by atoms with van der Waals surface area (Å²) in [5, 5.41) is 6.34. The van der Waals surface area contributed by atoms with Crippen molar-refractivity contribution in [2.75, 3.05) is 17.2 Å². The normalized spacial score (nSPS) is 15.2. The van der Waals surface area contributed by atoms with Gasteiger partial charge in [0.2, 0.25) is 11.9 Å². The maximum absolute atomic E-state index is 12.6. The van der Waals surface area contributed by atoms with Gasteiger partial charge in [-0.1, -0.05) is 6.07 Å². The van der Waals surface area contributed by atoms with Crippen LogP contribution in [0.1, 0.15) is 24.3 Å². The molecule has 2 N–H and O–H groups in total. The van der Waals surface area contributed by atoms with Crippen LogP contribution < -0.4 is 20.9 Å². The van der Waals surface area contributed by atoms with Crippen molar-refractivity contribution >= 4 is 17.6 Å². The number of aromatic nitrogens is 3. The summed E-state index contributed by atoms with van der Waals surface area (Å²) in [6.45, 7) is 4.35. The highest BCUT2D eigenvalue weighted by Crippen LogP contribution is 2.25. The van der Waals surface area contributed by atoms with Gasteiger partial charge in [0.1, 0.15) is 5.75 Å². The lowest BCUT2D eigenvalue weighted by Crippen LogP contribution is -2.37. The third kappa shape index (κ3) is 3.57. The molecule has 2 aromatic heterocycles. The van der Waals surface area contributed by atoms with Crippen LogP contribution in [0.3, 0.4) is 0 Å². The van der Waals surface area contributed by atoms with Gasteiger partial charge in [-0.2, -0.15) is 0 Å². The lowest BCUT2D eigenvalue weighted by atomic mass is 10.2. The summed E-state index contributed by atoms with van der Waals surface area (Å²) < 4.78 is 6.99. The Morgan fingerprint density at radius 3 is 2.79 bits per heavy atom. The van der Waals surface area contributed by atoms with E-state index in [9.17, 15) is 4.79 Å². The van der Waals surface area contributed by atoms with E-state index >= 15 is 0 Å². The van der Waals surface area contributed by atoms with E-state index < -0.39 is 6.17 Å². The summed E-state index contributed by atoms with van der Waals surface area (Å²) in [5.41, 5.74) is 2.09. The van der Waals surface area contributed by atoms with Crippen molar-refractivity contribution in [1.82, 2.24) is 14.5 Å². The molecule has 3 heterocycles. The Morgan fingerprint density at radius 2 is 2.07 bits per heavy atom. The molecule has 4 rings (SSSR count). The van der Waals surface area contributed by atoms with Crippen molar-refractivity contribution in [1.29, 1.82) is 0 Å². The summed E-state index contributed by atoms with van der Waals surface area (Å²) >= 11 is 0. The second-order valence-electron chi connectivity index (χ2n) is 6.27. The van der Waals surface area contributed by atoms with Gasteiger partial charge < -0.3 is 10.1 Å². The second-order valence-corrected chi connectivity index (χ2v) is 6.27. The molecule has 1 aliphatic rings. The van der Waals surface area contributed by atoms with Crippen molar-refractivity contribution in [3.63, 3.8) is 0 Å². The smallest absolute Gasteiger partial charge is 0.257 e. The first-order valence-corrected chi connectivity index (χ1v) is 8.99. The van der Waals surface area contributed by atoms with Crippen LogP contribution in [0.5, 0.6) is 5.75 Å². The molecule has 8 heteroatoms. The van der Waals surface area contributed by atoms with Gasteiger partial charge >= 0.3 is 0 Å². The van der Waals surface area contributed by atoms with E-state index in [0.717, 1.165) is 17.0 Å². The molecule has 0 fully saturated rings. The number of aryl methyl sites for hydroxylation is 1. The Balaban J connectivity index is 1.70. The number of guanidine groups is 1. The minimum Gasteiger partial charge on any atom is -0.494 e. The minimum atomic E-state index is -0.559. The summed E-state index contributed by atoms with van der Waals surface area (Å²) in [6, 6.07) is 12.8. The van der Waals surface area contributed by atoms with Crippen molar-refractivity contribution in [3.8, 4) is 5.75 Å². The number of rotatable bonds is 4. The number of aliphatic imine (C=N–C) groups is 1. The molecule has 1 atom stereocenters. The number of nitrogens with zero attached hydrogens (tertiary/aromatic N) is 4. The van der Waals surface area contributed by atoms with Gasteiger partial charge in [-0.3, -0.25) is 19.7 Å². The molecule has 3 aromatic rings. The van der Waals surface area contributed by atoms with Gasteiger partial charge in [-0.15, -0.1) is 0 Å². The molecular weight excluding hydrogens is 356 g/mol. The third-order valence-electron chi connectivity index (χ3n) is 4.22. The molecule has 0 aliphatic carbocycles. The SMILES string of the molecule is CCOc1ccc(NC2=N[C@@H](c3cccnc3)n3c(nc(C)cc3=O)N2)cc1. The van der Waals surface area contributed by atoms with Crippen molar-refractivity contribution in [2.24, 2.45) is 4.99 Å². The zero-order valence-corrected chi connectivity index (χ0v) is 15.6. The van der Waals surface area contributed by atoms with Crippen LogP contribution in [-0.2, 0) is 0 Å². The Kier molecular flexibility index (Phi) is 4.76. The highest BCUT2D eigenvalue weighted by Gasteiger charge is 2.25. The first-order valence-electron chi connectivity index (χ1n) is 8.99. The molecule has 1 aromatic carbocycles. The van der Waals surface area contributed by atoms with Crippen LogP contribution in [0, 0.1) is 6.92 Å². The fourth-order valence-electron chi connectivity index (χ4n) is 3.00. The molecule has 1 aliphatic heterocycles. The van der Waals surface area contributed by atoms with Gasteiger partial charge in [0.15, 0.2) is 6.17 Å². The first-order chi connectivity index (χ1) is 13.6. The topological polar surface area (TPSA) is 93.4 Å². The van der Waals surface area contributed by atoms with Gasteiger partial charge in [-0.05, 0) is 44.2 Å². The highest BCUT2D eigenvalue weighted by atomic mass is 16.5. The standard InChI is InChI=1S/C20H20N6O2/c1-3-28-16-8-6-15(7-9-16)23-19-24-18(14-5-4-10-21-12-14)26-17(27)11-13(2)22-20(26)25-19/h4-12,18H,3H2,1-2H3,(H2,22,23,24,25)/t18-/m1/s1. The van der Waals surface area contributed by atoms with E-state index in [1.807, 2.05) is 43.3 Å². The molecular formula is C20H20N6O2. The Labute approximate surface area is 162 Å². The maximum Gasteiger partial charge on any atom is 0.257 e. The fourth-order valence-corrected chi connectivity index (χ4v) is 3.00.